The number of allylic oxidation sites excluding steroid dienone is 2. The quantitative estimate of drug-likeness (QED) is 0.568. The maximum Gasteiger partial charge on any atom is 0.220 e. The standard InChI is InChI=1S/C17H18O2/c1-12-7-8-16-14(9-12)11-17(19-16)15(18)10-13-5-3-2-4-6-13/h7-11H,2-6H2,1H3. The highest BCUT2D eigenvalue weighted by Gasteiger charge is 2.13. The van der Waals surface area contributed by atoms with E-state index < -0.39 is 0 Å². The molecule has 1 aliphatic rings. The molecule has 0 saturated heterocycles. The summed E-state index contributed by atoms with van der Waals surface area (Å²) in [5.41, 5.74) is 3.24. The predicted molar refractivity (Wildman–Crippen MR) is 76.4 cm³/mol. The molecule has 0 spiro atoms. The predicted octanol–water partition coefficient (Wildman–Crippen LogP) is 4.81. The third kappa shape index (κ3) is 2.62. The van der Waals surface area contributed by atoms with E-state index in [1.807, 2.05) is 31.2 Å². The minimum Gasteiger partial charge on any atom is -0.453 e. The molecule has 0 N–H and O–H groups in total. The van der Waals surface area contributed by atoms with Gasteiger partial charge in [-0.3, -0.25) is 4.79 Å². The van der Waals surface area contributed by atoms with Crippen LogP contribution in [0.2, 0.25) is 0 Å². The summed E-state index contributed by atoms with van der Waals surface area (Å²) in [7, 11) is 0. The molecular formula is C17H18O2. The Kier molecular flexibility index (Phi) is 3.24. The highest BCUT2D eigenvalue weighted by molar-refractivity contribution is 6.05. The molecular weight excluding hydrogens is 236 g/mol. The summed E-state index contributed by atoms with van der Waals surface area (Å²) in [6, 6.07) is 7.82. The van der Waals surface area contributed by atoms with Crippen molar-refractivity contribution in [1.29, 1.82) is 0 Å². The first-order valence-corrected chi connectivity index (χ1v) is 6.96. The number of aryl methyl sites for hydroxylation is 1. The van der Waals surface area contributed by atoms with Crippen LogP contribution in [-0.2, 0) is 0 Å². The molecule has 1 heterocycles. The van der Waals surface area contributed by atoms with Crippen molar-refractivity contribution >= 4 is 16.8 Å². The van der Waals surface area contributed by atoms with E-state index in [9.17, 15) is 4.79 Å². The van der Waals surface area contributed by atoms with E-state index in [0.29, 0.717) is 5.76 Å². The lowest BCUT2D eigenvalue weighted by molar-refractivity contribution is 0.102. The Morgan fingerprint density at radius 3 is 2.74 bits per heavy atom. The molecule has 98 valence electrons. The summed E-state index contributed by atoms with van der Waals surface area (Å²) in [5, 5.41) is 1.00. The van der Waals surface area contributed by atoms with Gasteiger partial charge in [0.15, 0.2) is 5.76 Å². The SMILES string of the molecule is Cc1ccc2oc(C(=O)C=C3CCCCC3)cc2c1. The number of ketones is 1. The van der Waals surface area contributed by atoms with Crippen LogP contribution < -0.4 is 0 Å². The van der Waals surface area contributed by atoms with Gasteiger partial charge in [-0.25, -0.2) is 0 Å². The Morgan fingerprint density at radius 2 is 1.95 bits per heavy atom. The van der Waals surface area contributed by atoms with Gasteiger partial charge < -0.3 is 4.42 Å². The molecule has 0 atom stereocenters. The second-order valence-electron chi connectivity index (χ2n) is 5.38. The van der Waals surface area contributed by atoms with Crippen LogP contribution >= 0.6 is 0 Å². The number of hydrogen-bond donors (Lipinski definition) is 0. The molecule has 1 fully saturated rings. The number of furan rings is 1. The Bertz CT molecular complexity index is 638. The first kappa shape index (κ1) is 12.2. The number of hydrogen-bond acceptors (Lipinski definition) is 2. The van der Waals surface area contributed by atoms with Gasteiger partial charge in [0.25, 0.3) is 0 Å². The fourth-order valence-electron chi connectivity index (χ4n) is 2.69. The number of carbonyl (C=O) groups excluding carboxylic acids is 1. The fraction of sp³-hybridized carbons (Fsp3) is 0.353. The van der Waals surface area contributed by atoms with Crippen LogP contribution in [0.25, 0.3) is 11.0 Å². The molecule has 0 bridgehead atoms. The maximum atomic E-state index is 12.2. The van der Waals surface area contributed by atoms with Crippen molar-refractivity contribution in [3.8, 4) is 0 Å². The van der Waals surface area contributed by atoms with Gasteiger partial charge in [0, 0.05) is 5.39 Å². The first-order valence-electron chi connectivity index (χ1n) is 6.96. The Balaban J connectivity index is 1.88. The minimum absolute atomic E-state index is 0.00533. The van der Waals surface area contributed by atoms with Crippen molar-refractivity contribution in [2.45, 2.75) is 39.0 Å². The molecule has 2 nitrogen and oxygen atoms in total. The van der Waals surface area contributed by atoms with Crippen molar-refractivity contribution in [2.75, 3.05) is 0 Å². The Hall–Kier alpha value is -1.83. The second kappa shape index (κ2) is 5.04. The average Bonchev–Trinajstić information content (AvgIpc) is 2.83. The zero-order chi connectivity index (χ0) is 13.2. The normalized spacial score (nSPS) is 15.7. The van der Waals surface area contributed by atoms with E-state index in [1.165, 1.54) is 30.4 Å². The molecule has 0 amide bonds. The number of rotatable bonds is 2. The van der Waals surface area contributed by atoms with Crippen molar-refractivity contribution in [3.63, 3.8) is 0 Å². The molecule has 19 heavy (non-hydrogen) atoms. The van der Waals surface area contributed by atoms with Crippen LogP contribution in [0.5, 0.6) is 0 Å². The summed E-state index contributed by atoms with van der Waals surface area (Å²) >= 11 is 0. The summed E-state index contributed by atoms with van der Waals surface area (Å²) in [4.78, 5) is 12.2. The third-order valence-electron chi connectivity index (χ3n) is 3.75. The highest BCUT2D eigenvalue weighted by atomic mass is 16.3. The van der Waals surface area contributed by atoms with E-state index in [4.69, 9.17) is 4.42 Å². The van der Waals surface area contributed by atoms with Crippen molar-refractivity contribution in [3.05, 3.63) is 47.2 Å². The van der Waals surface area contributed by atoms with Gasteiger partial charge in [0.1, 0.15) is 5.58 Å². The van der Waals surface area contributed by atoms with E-state index in [2.05, 4.69) is 0 Å². The monoisotopic (exact) mass is 254 g/mol. The van der Waals surface area contributed by atoms with Gasteiger partial charge in [-0.15, -0.1) is 0 Å². The van der Waals surface area contributed by atoms with Gasteiger partial charge in [-0.1, -0.05) is 23.6 Å². The topological polar surface area (TPSA) is 30.2 Å². The largest absolute Gasteiger partial charge is 0.453 e. The highest BCUT2D eigenvalue weighted by Crippen LogP contribution is 2.25. The van der Waals surface area contributed by atoms with E-state index in [-0.39, 0.29) is 5.78 Å². The fourth-order valence-corrected chi connectivity index (χ4v) is 2.69. The number of benzene rings is 1. The Morgan fingerprint density at radius 1 is 1.16 bits per heavy atom. The van der Waals surface area contributed by atoms with Gasteiger partial charge in [-0.05, 0) is 56.9 Å². The van der Waals surface area contributed by atoms with Crippen LogP contribution in [0.15, 0.2) is 40.3 Å². The van der Waals surface area contributed by atoms with E-state index >= 15 is 0 Å². The van der Waals surface area contributed by atoms with Crippen LogP contribution in [-0.4, -0.2) is 5.78 Å². The first-order chi connectivity index (χ1) is 9.22. The molecule has 2 aromatic rings. The average molecular weight is 254 g/mol. The zero-order valence-corrected chi connectivity index (χ0v) is 11.2. The molecule has 0 unspecified atom stereocenters. The summed E-state index contributed by atoms with van der Waals surface area (Å²) < 4.78 is 5.63. The van der Waals surface area contributed by atoms with Gasteiger partial charge >= 0.3 is 0 Å². The van der Waals surface area contributed by atoms with Gasteiger partial charge in [0.2, 0.25) is 5.78 Å². The molecule has 1 aromatic heterocycles. The molecule has 0 aliphatic heterocycles. The molecule has 0 radical (unpaired) electrons. The Labute approximate surface area is 113 Å². The molecule has 3 rings (SSSR count). The van der Waals surface area contributed by atoms with Crippen molar-refractivity contribution < 1.29 is 9.21 Å². The van der Waals surface area contributed by atoms with Crippen molar-refractivity contribution in [1.82, 2.24) is 0 Å². The second-order valence-corrected chi connectivity index (χ2v) is 5.38. The lowest BCUT2D eigenvalue weighted by Crippen LogP contribution is -1.99. The lowest BCUT2D eigenvalue weighted by atomic mass is 9.94. The van der Waals surface area contributed by atoms with Crippen LogP contribution in [0.4, 0.5) is 0 Å². The summed E-state index contributed by atoms with van der Waals surface area (Å²) in [6.07, 6.45) is 7.60. The zero-order valence-electron chi connectivity index (χ0n) is 11.2. The summed E-state index contributed by atoms with van der Waals surface area (Å²) in [6.45, 7) is 2.04. The van der Waals surface area contributed by atoms with Crippen LogP contribution in [0, 0.1) is 6.92 Å². The van der Waals surface area contributed by atoms with E-state index in [1.54, 1.807) is 6.08 Å². The molecule has 1 aliphatic carbocycles. The van der Waals surface area contributed by atoms with Gasteiger partial charge in [0.05, 0.1) is 0 Å². The molecule has 1 aromatic carbocycles. The lowest BCUT2D eigenvalue weighted by Gasteiger charge is -2.12. The summed E-state index contributed by atoms with van der Waals surface area (Å²) in [5.74, 6) is 0.462. The van der Waals surface area contributed by atoms with Gasteiger partial charge in [-0.2, -0.15) is 0 Å². The number of carbonyl (C=O) groups is 1. The van der Waals surface area contributed by atoms with E-state index in [0.717, 1.165) is 23.8 Å². The third-order valence-corrected chi connectivity index (χ3v) is 3.75. The van der Waals surface area contributed by atoms with Crippen molar-refractivity contribution in [2.24, 2.45) is 0 Å². The maximum absolute atomic E-state index is 12.2. The number of fused-ring (bicyclic) bond motifs is 1. The smallest absolute Gasteiger partial charge is 0.220 e. The van der Waals surface area contributed by atoms with Crippen LogP contribution in [0.3, 0.4) is 0 Å². The molecule has 2 heteroatoms. The molecule has 1 saturated carbocycles. The minimum atomic E-state index is 0.00533. The van der Waals surface area contributed by atoms with Crippen LogP contribution in [0.1, 0.15) is 48.2 Å².